The molecule has 0 spiro atoms. The molecule has 1 aliphatic heterocycles. The minimum Gasteiger partial charge on any atom is -0.379 e. The van der Waals surface area contributed by atoms with Gasteiger partial charge >= 0.3 is 0 Å². The van der Waals surface area contributed by atoms with Crippen molar-refractivity contribution in [2.75, 3.05) is 56.6 Å². The molecule has 0 amide bonds. The summed E-state index contributed by atoms with van der Waals surface area (Å²) in [6, 6.07) is 0. The van der Waals surface area contributed by atoms with Gasteiger partial charge in [-0.25, -0.2) is 9.97 Å². The Morgan fingerprint density at radius 3 is 2.52 bits per heavy atom. The predicted molar refractivity (Wildman–Crippen MR) is 88.9 cm³/mol. The zero-order valence-electron chi connectivity index (χ0n) is 12.6. The lowest BCUT2D eigenvalue weighted by atomic mass is 10.3. The number of nitrogens with zero attached hydrogens (tertiary/aromatic N) is 3. The standard InChI is InChI=1S/C14H24BrN5O/c1-2-4-16-13-12(15)14(19-11-18-13)17-5-3-6-20-7-9-21-10-8-20/h11H,2-10H2,1H3,(H2,16,17,18,19). The van der Waals surface area contributed by atoms with E-state index in [4.69, 9.17) is 4.74 Å². The molecule has 0 aliphatic carbocycles. The van der Waals surface area contributed by atoms with Crippen LogP contribution in [0, 0.1) is 0 Å². The molecule has 1 fully saturated rings. The first-order valence-electron chi connectivity index (χ1n) is 7.59. The predicted octanol–water partition coefficient (Wildman–Crippen LogP) is 2.20. The Morgan fingerprint density at radius 1 is 1.19 bits per heavy atom. The van der Waals surface area contributed by atoms with E-state index in [9.17, 15) is 0 Å². The lowest BCUT2D eigenvalue weighted by Crippen LogP contribution is -2.37. The second kappa shape index (κ2) is 9.17. The average molecular weight is 358 g/mol. The van der Waals surface area contributed by atoms with Crippen LogP contribution in [-0.4, -0.2) is 60.8 Å². The van der Waals surface area contributed by atoms with Crippen molar-refractivity contribution < 1.29 is 4.74 Å². The third-order valence-corrected chi connectivity index (χ3v) is 4.13. The molecule has 2 N–H and O–H groups in total. The van der Waals surface area contributed by atoms with Crippen molar-refractivity contribution in [3.8, 4) is 0 Å². The fraction of sp³-hybridized carbons (Fsp3) is 0.714. The van der Waals surface area contributed by atoms with Gasteiger partial charge in [-0.15, -0.1) is 0 Å². The van der Waals surface area contributed by atoms with Crippen molar-refractivity contribution in [1.29, 1.82) is 0 Å². The summed E-state index contributed by atoms with van der Waals surface area (Å²) in [5, 5.41) is 6.66. The van der Waals surface area contributed by atoms with Gasteiger partial charge in [-0.3, -0.25) is 4.90 Å². The molecule has 1 aromatic heterocycles. The minimum atomic E-state index is 0.850. The van der Waals surface area contributed by atoms with Crippen molar-refractivity contribution in [3.63, 3.8) is 0 Å². The second-order valence-corrected chi connectivity index (χ2v) is 5.84. The number of anilines is 2. The van der Waals surface area contributed by atoms with Crippen LogP contribution in [0.3, 0.4) is 0 Å². The van der Waals surface area contributed by atoms with Crippen molar-refractivity contribution in [1.82, 2.24) is 14.9 Å². The maximum absolute atomic E-state index is 5.35. The zero-order valence-corrected chi connectivity index (χ0v) is 14.2. The molecule has 6 nitrogen and oxygen atoms in total. The van der Waals surface area contributed by atoms with Crippen LogP contribution in [0.5, 0.6) is 0 Å². The summed E-state index contributed by atoms with van der Waals surface area (Å²) in [7, 11) is 0. The fourth-order valence-electron chi connectivity index (χ4n) is 2.19. The molecule has 1 aromatic rings. The number of rotatable bonds is 8. The molecule has 2 heterocycles. The molecule has 0 atom stereocenters. The quantitative estimate of drug-likeness (QED) is 0.695. The van der Waals surface area contributed by atoms with Gasteiger partial charge in [-0.1, -0.05) is 6.92 Å². The Labute approximate surface area is 134 Å². The molecule has 118 valence electrons. The second-order valence-electron chi connectivity index (χ2n) is 5.05. The molecule has 0 bridgehead atoms. The Kier molecular flexibility index (Phi) is 7.18. The monoisotopic (exact) mass is 357 g/mol. The largest absolute Gasteiger partial charge is 0.379 e. The Bertz CT molecular complexity index is 426. The van der Waals surface area contributed by atoms with E-state index < -0.39 is 0 Å². The van der Waals surface area contributed by atoms with Gasteiger partial charge < -0.3 is 15.4 Å². The highest BCUT2D eigenvalue weighted by atomic mass is 79.9. The maximum Gasteiger partial charge on any atom is 0.145 e. The first kappa shape index (κ1) is 16.5. The van der Waals surface area contributed by atoms with Gasteiger partial charge in [0, 0.05) is 26.2 Å². The highest BCUT2D eigenvalue weighted by Crippen LogP contribution is 2.26. The number of morpholine rings is 1. The van der Waals surface area contributed by atoms with Crippen LogP contribution in [0.1, 0.15) is 19.8 Å². The van der Waals surface area contributed by atoms with Gasteiger partial charge in [-0.05, 0) is 35.3 Å². The number of halogens is 1. The molecule has 7 heteroatoms. The first-order chi connectivity index (χ1) is 10.3. The molecular formula is C14H24BrN5O. The van der Waals surface area contributed by atoms with Gasteiger partial charge in [0.25, 0.3) is 0 Å². The number of hydrogen-bond donors (Lipinski definition) is 2. The third-order valence-electron chi connectivity index (χ3n) is 3.38. The summed E-state index contributed by atoms with van der Waals surface area (Å²) in [5.41, 5.74) is 0. The van der Waals surface area contributed by atoms with Gasteiger partial charge in [0.2, 0.25) is 0 Å². The van der Waals surface area contributed by atoms with Gasteiger partial charge in [0.15, 0.2) is 0 Å². The van der Waals surface area contributed by atoms with Crippen LogP contribution in [0.2, 0.25) is 0 Å². The van der Waals surface area contributed by atoms with Gasteiger partial charge in [-0.2, -0.15) is 0 Å². The topological polar surface area (TPSA) is 62.3 Å². The smallest absolute Gasteiger partial charge is 0.145 e. The van der Waals surface area contributed by atoms with E-state index in [2.05, 4.69) is 48.4 Å². The molecule has 1 aliphatic rings. The Morgan fingerprint density at radius 2 is 1.86 bits per heavy atom. The molecular weight excluding hydrogens is 334 g/mol. The average Bonchev–Trinajstić information content (AvgIpc) is 2.53. The molecule has 21 heavy (non-hydrogen) atoms. The number of nitrogens with one attached hydrogen (secondary N) is 2. The Balaban J connectivity index is 1.74. The van der Waals surface area contributed by atoms with Gasteiger partial charge in [0.05, 0.1) is 13.2 Å². The van der Waals surface area contributed by atoms with E-state index >= 15 is 0 Å². The van der Waals surface area contributed by atoms with Gasteiger partial charge in [0.1, 0.15) is 22.4 Å². The van der Waals surface area contributed by atoms with Crippen LogP contribution in [-0.2, 0) is 4.74 Å². The molecule has 0 aromatic carbocycles. The van der Waals surface area contributed by atoms with Crippen LogP contribution >= 0.6 is 15.9 Å². The Hall–Kier alpha value is -0.920. The van der Waals surface area contributed by atoms with Crippen LogP contribution in [0.4, 0.5) is 11.6 Å². The normalized spacial score (nSPS) is 15.9. The van der Waals surface area contributed by atoms with Crippen molar-refractivity contribution in [2.45, 2.75) is 19.8 Å². The minimum absolute atomic E-state index is 0.850. The summed E-state index contributed by atoms with van der Waals surface area (Å²) in [6.07, 6.45) is 3.75. The summed E-state index contributed by atoms with van der Waals surface area (Å²) in [4.78, 5) is 11.0. The van der Waals surface area contributed by atoms with Crippen LogP contribution in [0.15, 0.2) is 10.8 Å². The van der Waals surface area contributed by atoms with Crippen molar-refractivity contribution in [3.05, 3.63) is 10.8 Å². The molecule has 0 saturated carbocycles. The highest BCUT2D eigenvalue weighted by molar-refractivity contribution is 9.10. The number of ether oxygens (including phenoxy) is 1. The van der Waals surface area contributed by atoms with E-state index in [0.717, 1.165) is 74.9 Å². The SMILES string of the molecule is CCCNc1ncnc(NCCCN2CCOCC2)c1Br. The summed E-state index contributed by atoms with van der Waals surface area (Å²) in [6.45, 7) is 8.85. The van der Waals surface area contributed by atoms with E-state index in [1.54, 1.807) is 6.33 Å². The molecule has 0 unspecified atom stereocenters. The zero-order chi connectivity index (χ0) is 14.9. The lowest BCUT2D eigenvalue weighted by molar-refractivity contribution is 0.0378. The summed E-state index contributed by atoms with van der Waals surface area (Å²) in [5.74, 6) is 1.70. The number of aromatic nitrogens is 2. The van der Waals surface area contributed by atoms with E-state index in [-0.39, 0.29) is 0 Å². The third kappa shape index (κ3) is 5.41. The lowest BCUT2D eigenvalue weighted by Gasteiger charge is -2.26. The van der Waals surface area contributed by atoms with Crippen molar-refractivity contribution in [2.24, 2.45) is 0 Å². The van der Waals surface area contributed by atoms with Crippen molar-refractivity contribution >= 4 is 27.6 Å². The molecule has 0 radical (unpaired) electrons. The highest BCUT2D eigenvalue weighted by Gasteiger charge is 2.10. The number of hydrogen-bond acceptors (Lipinski definition) is 6. The molecule has 1 saturated heterocycles. The van der Waals surface area contributed by atoms with Crippen LogP contribution in [0.25, 0.3) is 0 Å². The van der Waals surface area contributed by atoms with E-state index in [1.807, 2.05) is 0 Å². The maximum atomic E-state index is 5.35. The summed E-state index contributed by atoms with van der Waals surface area (Å²) < 4.78 is 6.26. The van der Waals surface area contributed by atoms with E-state index in [1.165, 1.54) is 0 Å². The molecule has 2 rings (SSSR count). The summed E-state index contributed by atoms with van der Waals surface area (Å²) >= 11 is 3.56. The first-order valence-corrected chi connectivity index (χ1v) is 8.39. The van der Waals surface area contributed by atoms with Crippen LogP contribution < -0.4 is 10.6 Å². The van der Waals surface area contributed by atoms with E-state index in [0.29, 0.717) is 0 Å². The fourth-order valence-corrected chi connectivity index (χ4v) is 2.68.